The fraction of sp³-hybridized carbons (Fsp3) is 0.125. The summed E-state index contributed by atoms with van der Waals surface area (Å²) in [6.07, 6.45) is 0. The van der Waals surface area contributed by atoms with Crippen molar-refractivity contribution in [2.75, 3.05) is 0 Å². The van der Waals surface area contributed by atoms with Crippen LogP contribution in [0.1, 0.15) is 11.1 Å². The van der Waals surface area contributed by atoms with Gasteiger partial charge in [0.05, 0.1) is 11.6 Å². The van der Waals surface area contributed by atoms with Crippen molar-refractivity contribution in [1.82, 2.24) is 0 Å². The van der Waals surface area contributed by atoms with Crippen LogP contribution < -0.4 is 0 Å². The summed E-state index contributed by atoms with van der Waals surface area (Å²) >= 11 is 5.57. The summed E-state index contributed by atoms with van der Waals surface area (Å²) in [5.41, 5.74) is 1.75. The molecule has 0 aliphatic heterocycles. The SMILES string of the molecule is Cc1c(Br)cc(I)cc1C#N. The summed E-state index contributed by atoms with van der Waals surface area (Å²) in [4.78, 5) is 0. The lowest BCUT2D eigenvalue weighted by atomic mass is 10.1. The van der Waals surface area contributed by atoms with Crippen molar-refractivity contribution < 1.29 is 0 Å². The van der Waals surface area contributed by atoms with E-state index in [4.69, 9.17) is 5.26 Å². The number of rotatable bonds is 0. The van der Waals surface area contributed by atoms with Crippen molar-refractivity contribution in [1.29, 1.82) is 5.26 Å². The van der Waals surface area contributed by atoms with Gasteiger partial charge >= 0.3 is 0 Å². The zero-order valence-electron chi connectivity index (χ0n) is 5.86. The number of halogens is 2. The first kappa shape index (κ1) is 9.01. The zero-order valence-corrected chi connectivity index (χ0v) is 9.60. The summed E-state index contributed by atoms with van der Waals surface area (Å²) in [7, 11) is 0. The monoisotopic (exact) mass is 321 g/mol. The Bertz CT molecular complexity index is 328. The predicted molar refractivity (Wildman–Crippen MR) is 56.3 cm³/mol. The second-order valence-corrected chi connectivity index (χ2v) is 4.27. The highest BCUT2D eigenvalue weighted by Gasteiger charge is 2.02. The third-order valence-corrected chi connectivity index (χ3v) is 2.88. The number of hydrogen-bond acceptors (Lipinski definition) is 1. The second-order valence-electron chi connectivity index (χ2n) is 2.17. The van der Waals surface area contributed by atoms with E-state index < -0.39 is 0 Å². The third kappa shape index (κ3) is 1.94. The van der Waals surface area contributed by atoms with Crippen LogP contribution in [0.5, 0.6) is 0 Å². The molecular formula is C8H5BrIN. The van der Waals surface area contributed by atoms with Crippen molar-refractivity contribution in [2.24, 2.45) is 0 Å². The number of hydrogen-bond donors (Lipinski definition) is 0. The molecule has 1 nitrogen and oxygen atoms in total. The molecule has 0 aliphatic rings. The van der Waals surface area contributed by atoms with Crippen molar-refractivity contribution >= 4 is 38.5 Å². The molecule has 0 N–H and O–H groups in total. The number of nitriles is 1. The molecule has 0 fully saturated rings. The van der Waals surface area contributed by atoms with Gasteiger partial charge in [0.25, 0.3) is 0 Å². The van der Waals surface area contributed by atoms with E-state index in [9.17, 15) is 0 Å². The lowest BCUT2D eigenvalue weighted by Gasteiger charge is -2.00. The molecule has 0 unspecified atom stereocenters. The fourth-order valence-corrected chi connectivity index (χ4v) is 2.27. The number of benzene rings is 1. The van der Waals surface area contributed by atoms with E-state index in [2.05, 4.69) is 44.6 Å². The van der Waals surface area contributed by atoms with Gasteiger partial charge in [0.1, 0.15) is 0 Å². The first-order valence-electron chi connectivity index (χ1n) is 3.01. The Kier molecular flexibility index (Phi) is 2.90. The molecule has 56 valence electrons. The minimum absolute atomic E-state index is 0.740. The van der Waals surface area contributed by atoms with Gasteiger partial charge in [-0.1, -0.05) is 15.9 Å². The van der Waals surface area contributed by atoms with Gasteiger partial charge in [-0.3, -0.25) is 0 Å². The smallest absolute Gasteiger partial charge is 0.0995 e. The largest absolute Gasteiger partial charge is 0.192 e. The standard InChI is InChI=1S/C8H5BrIN/c1-5-6(4-11)2-7(10)3-8(5)9/h2-3H,1H3. The van der Waals surface area contributed by atoms with E-state index in [1.165, 1.54) is 0 Å². The molecule has 1 rings (SSSR count). The molecule has 0 aliphatic carbocycles. The molecule has 0 aromatic heterocycles. The highest BCUT2D eigenvalue weighted by Crippen LogP contribution is 2.22. The van der Waals surface area contributed by atoms with E-state index in [0.717, 1.165) is 19.2 Å². The van der Waals surface area contributed by atoms with Gasteiger partial charge in [-0.15, -0.1) is 0 Å². The Morgan fingerprint density at radius 1 is 1.55 bits per heavy atom. The first-order chi connectivity index (χ1) is 5.15. The van der Waals surface area contributed by atoms with Crippen LogP contribution in [0.3, 0.4) is 0 Å². The summed E-state index contributed by atoms with van der Waals surface area (Å²) in [5, 5.41) is 8.69. The average Bonchev–Trinajstić information content (AvgIpc) is 1.96. The minimum atomic E-state index is 0.740. The van der Waals surface area contributed by atoms with Gasteiger partial charge in [0.15, 0.2) is 0 Å². The third-order valence-electron chi connectivity index (χ3n) is 1.43. The van der Waals surface area contributed by atoms with Crippen LogP contribution >= 0.6 is 38.5 Å². The Balaban J connectivity index is 3.39. The van der Waals surface area contributed by atoms with Gasteiger partial charge in [0.2, 0.25) is 0 Å². The molecule has 1 aromatic carbocycles. The van der Waals surface area contributed by atoms with Crippen LogP contribution in [0.4, 0.5) is 0 Å². The van der Waals surface area contributed by atoms with Crippen LogP contribution in [-0.2, 0) is 0 Å². The molecule has 0 amide bonds. The number of nitrogens with zero attached hydrogens (tertiary/aromatic N) is 1. The summed E-state index contributed by atoms with van der Waals surface area (Å²) in [6, 6.07) is 6.01. The van der Waals surface area contributed by atoms with Crippen LogP contribution in [0.2, 0.25) is 0 Å². The lowest BCUT2D eigenvalue weighted by Crippen LogP contribution is -1.85. The highest BCUT2D eigenvalue weighted by atomic mass is 127. The van der Waals surface area contributed by atoms with Crippen molar-refractivity contribution in [2.45, 2.75) is 6.92 Å². The quantitative estimate of drug-likeness (QED) is 0.673. The highest BCUT2D eigenvalue weighted by molar-refractivity contribution is 14.1. The van der Waals surface area contributed by atoms with Crippen LogP contribution in [0, 0.1) is 21.8 Å². The Labute approximate surface area is 87.7 Å². The maximum Gasteiger partial charge on any atom is 0.0995 e. The van der Waals surface area contributed by atoms with Gasteiger partial charge in [-0.05, 0) is 47.2 Å². The minimum Gasteiger partial charge on any atom is -0.192 e. The lowest BCUT2D eigenvalue weighted by molar-refractivity contribution is 1.35. The van der Waals surface area contributed by atoms with Gasteiger partial charge in [0, 0.05) is 8.04 Å². The van der Waals surface area contributed by atoms with Crippen LogP contribution in [0.25, 0.3) is 0 Å². The van der Waals surface area contributed by atoms with Crippen molar-refractivity contribution in [3.8, 4) is 6.07 Å². The molecule has 0 heterocycles. The molecule has 0 saturated heterocycles. The van der Waals surface area contributed by atoms with E-state index in [0.29, 0.717) is 0 Å². The molecule has 1 aromatic rings. The van der Waals surface area contributed by atoms with Crippen LogP contribution in [0.15, 0.2) is 16.6 Å². The fourth-order valence-electron chi connectivity index (χ4n) is 0.762. The summed E-state index contributed by atoms with van der Waals surface area (Å²) < 4.78 is 2.08. The Morgan fingerprint density at radius 3 is 2.73 bits per heavy atom. The Morgan fingerprint density at radius 2 is 2.18 bits per heavy atom. The normalized spacial score (nSPS) is 9.27. The molecule has 0 radical (unpaired) electrons. The molecular weight excluding hydrogens is 317 g/mol. The molecule has 0 saturated carbocycles. The van der Waals surface area contributed by atoms with Gasteiger partial charge < -0.3 is 0 Å². The van der Waals surface area contributed by atoms with Crippen LogP contribution in [-0.4, -0.2) is 0 Å². The zero-order chi connectivity index (χ0) is 8.43. The predicted octanol–water partition coefficient (Wildman–Crippen LogP) is 3.23. The summed E-state index contributed by atoms with van der Waals surface area (Å²) in [6.45, 7) is 1.93. The van der Waals surface area contributed by atoms with E-state index in [1.807, 2.05) is 19.1 Å². The molecule has 0 bridgehead atoms. The van der Waals surface area contributed by atoms with Gasteiger partial charge in [-0.2, -0.15) is 5.26 Å². The van der Waals surface area contributed by atoms with Crippen molar-refractivity contribution in [3.05, 3.63) is 31.3 Å². The van der Waals surface area contributed by atoms with Crippen molar-refractivity contribution in [3.63, 3.8) is 0 Å². The average molecular weight is 322 g/mol. The van der Waals surface area contributed by atoms with Gasteiger partial charge in [-0.25, -0.2) is 0 Å². The maximum absolute atomic E-state index is 8.69. The van der Waals surface area contributed by atoms with E-state index in [1.54, 1.807) is 0 Å². The topological polar surface area (TPSA) is 23.8 Å². The second kappa shape index (κ2) is 3.55. The van der Waals surface area contributed by atoms with E-state index in [-0.39, 0.29) is 0 Å². The van der Waals surface area contributed by atoms with E-state index >= 15 is 0 Å². The molecule has 3 heteroatoms. The summed E-state index contributed by atoms with van der Waals surface area (Å²) in [5.74, 6) is 0. The molecule has 0 spiro atoms. The molecule has 11 heavy (non-hydrogen) atoms. The maximum atomic E-state index is 8.69. The molecule has 0 atom stereocenters. The Hall–Kier alpha value is -0.0800. The first-order valence-corrected chi connectivity index (χ1v) is 4.88.